The molecule has 194 valence electrons. The summed E-state index contributed by atoms with van der Waals surface area (Å²) in [5, 5.41) is 10.3. The number of aromatic nitrogens is 1. The van der Waals surface area contributed by atoms with Gasteiger partial charge in [-0.3, -0.25) is 9.79 Å². The molecule has 2 aromatic carbocycles. The number of aliphatic carboxylic acids is 1. The maximum Gasteiger partial charge on any atom is 0.304 e. The zero-order chi connectivity index (χ0) is 27.1. The van der Waals surface area contributed by atoms with Gasteiger partial charge >= 0.3 is 5.97 Å². The first kappa shape index (κ1) is 30.8. The Bertz CT molecular complexity index is 1100. The number of nitrogens with zero attached hydrogens (tertiary/aromatic N) is 2. The fraction of sp³-hybridized carbons (Fsp3) is 0.367. The van der Waals surface area contributed by atoms with Crippen molar-refractivity contribution in [2.75, 3.05) is 6.54 Å². The second-order valence-electron chi connectivity index (χ2n) is 7.67. The van der Waals surface area contributed by atoms with Gasteiger partial charge in [0.15, 0.2) is 0 Å². The Hall–Kier alpha value is -3.25. The van der Waals surface area contributed by atoms with E-state index >= 15 is 0 Å². The first-order valence-electron chi connectivity index (χ1n) is 12.5. The number of benzene rings is 2. The Labute approximate surface area is 220 Å². The van der Waals surface area contributed by atoms with Gasteiger partial charge in [-0.05, 0) is 38.5 Å². The van der Waals surface area contributed by atoms with Crippen LogP contribution < -0.4 is 4.74 Å². The number of aryl methyl sites for hydroxylation is 2. The molecule has 0 radical (unpaired) electrons. The van der Waals surface area contributed by atoms with Gasteiger partial charge < -0.3 is 9.84 Å². The lowest BCUT2D eigenvalue weighted by atomic mass is 9.91. The van der Waals surface area contributed by atoms with E-state index in [-0.39, 0.29) is 12.3 Å². The molecule has 36 heavy (non-hydrogen) atoms. The average Bonchev–Trinajstić information content (AvgIpc) is 3.28. The highest BCUT2D eigenvalue weighted by atomic mass is 32.1. The van der Waals surface area contributed by atoms with Crippen LogP contribution in [0.1, 0.15) is 68.7 Å². The van der Waals surface area contributed by atoms with E-state index in [9.17, 15) is 9.90 Å². The van der Waals surface area contributed by atoms with Crippen LogP contribution in [0.5, 0.6) is 5.75 Å². The summed E-state index contributed by atoms with van der Waals surface area (Å²) in [4.78, 5) is 21.5. The smallest absolute Gasteiger partial charge is 0.304 e. The predicted molar refractivity (Wildman–Crippen MR) is 154 cm³/mol. The van der Waals surface area contributed by atoms with Crippen molar-refractivity contribution in [1.29, 1.82) is 0 Å². The molecule has 1 aromatic heterocycles. The molecular weight excluding hydrogens is 468 g/mol. The van der Waals surface area contributed by atoms with E-state index in [1.807, 2.05) is 65.8 Å². The van der Waals surface area contributed by atoms with E-state index < -0.39 is 5.97 Å². The third-order valence-corrected chi connectivity index (χ3v) is 6.38. The second kappa shape index (κ2) is 16.4. The summed E-state index contributed by atoms with van der Waals surface area (Å²) in [6.45, 7) is 18.5. The van der Waals surface area contributed by atoms with Crippen molar-refractivity contribution in [2.24, 2.45) is 4.99 Å². The van der Waals surface area contributed by atoms with Crippen molar-refractivity contribution in [2.45, 2.75) is 67.4 Å². The van der Waals surface area contributed by atoms with E-state index in [1.165, 1.54) is 5.56 Å². The Morgan fingerprint density at radius 2 is 1.69 bits per heavy atom. The van der Waals surface area contributed by atoms with Gasteiger partial charge in [-0.25, -0.2) is 4.98 Å². The average molecular weight is 509 g/mol. The van der Waals surface area contributed by atoms with Crippen LogP contribution in [0.15, 0.2) is 66.2 Å². The minimum Gasteiger partial charge on any atom is -0.488 e. The SMILES string of the molecule is C=CCN=C(C)C(CC(=O)O)c1ccc(OCc2sc(-c3ccc(C)cc3)nc2C)cc1.CC.CC. The number of hydrogen-bond acceptors (Lipinski definition) is 5. The van der Waals surface area contributed by atoms with E-state index in [2.05, 4.69) is 42.8 Å². The molecule has 3 rings (SSSR count). The summed E-state index contributed by atoms with van der Waals surface area (Å²) in [5.41, 5.74) is 4.99. The van der Waals surface area contributed by atoms with Crippen LogP contribution in [0, 0.1) is 13.8 Å². The summed E-state index contributed by atoms with van der Waals surface area (Å²) in [5.74, 6) is -0.399. The molecule has 1 heterocycles. The molecule has 0 aliphatic heterocycles. The summed E-state index contributed by atoms with van der Waals surface area (Å²) in [6, 6.07) is 15.9. The quantitative estimate of drug-likeness (QED) is 0.221. The van der Waals surface area contributed by atoms with Gasteiger partial charge in [-0.1, -0.05) is 75.7 Å². The van der Waals surface area contributed by atoms with Crippen LogP contribution >= 0.6 is 11.3 Å². The normalized spacial score (nSPS) is 11.4. The highest BCUT2D eigenvalue weighted by Crippen LogP contribution is 2.30. The second-order valence-corrected chi connectivity index (χ2v) is 8.76. The van der Waals surface area contributed by atoms with Crippen LogP contribution in [-0.4, -0.2) is 28.3 Å². The standard InChI is InChI=1S/C26H28N2O3S.2C2H6/c1-5-14-27-18(3)23(15-25(29)30)20-10-12-22(13-11-20)31-16-24-19(4)28-26(32-24)21-8-6-17(2)7-9-21;2*1-2/h5-13,23H,1,14-16H2,2-4H3,(H,29,30);2*1-2H3. The van der Waals surface area contributed by atoms with E-state index in [0.29, 0.717) is 13.2 Å². The molecule has 0 fully saturated rings. The highest BCUT2D eigenvalue weighted by Gasteiger charge is 2.19. The molecule has 5 nitrogen and oxygen atoms in total. The summed E-state index contributed by atoms with van der Waals surface area (Å²) in [6.07, 6.45) is 1.69. The maximum absolute atomic E-state index is 11.3. The molecule has 0 bridgehead atoms. The molecule has 0 saturated heterocycles. The molecule has 1 atom stereocenters. The van der Waals surface area contributed by atoms with Crippen LogP contribution in [0.4, 0.5) is 0 Å². The summed E-state index contributed by atoms with van der Waals surface area (Å²) in [7, 11) is 0. The molecule has 6 heteroatoms. The number of carbonyl (C=O) groups is 1. The minimum atomic E-state index is -0.853. The van der Waals surface area contributed by atoms with Gasteiger partial charge in [0.05, 0.1) is 23.5 Å². The molecule has 0 saturated carbocycles. The van der Waals surface area contributed by atoms with Gasteiger partial charge in [0.1, 0.15) is 17.4 Å². The van der Waals surface area contributed by atoms with Gasteiger partial charge in [0.25, 0.3) is 0 Å². The van der Waals surface area contributed by atoms with Gasteiger partial charge in [-0.15, -0.1) is 17.9 Å². The fourth-order valence-electron chi connectivity index (χ4n) is 3.33. The monoisotopic (exact) mass is 508 g/mol. The van der Waals surface area contributed by atoms with Gasteiger partial charge in [0.2, 0.25) is 0 Å². The topological polar surface area (TPSA) is 71.8 Å². The molecule has 1 unspecified atom stereocenters. The zero-order valence-electron chi connectivity index (χ0n) is 22.7. The Kier molecular flexibility index (Phi) is 14.0. The van der Waals surface area contributed by atoms with E-state index in [0.717, 1.165) is 38.2 Å². The van der Waals surface area contributed by atoms with Crippen LogP contribution in [-0.2, 0) is 11.4 Å². The van der Waals surface area contributed by atoms with Gasteiger partial charge in [-0.2, -0.15) is 0 Å². The van der Waals surface area contributed by atoms with E-state index in [4.69, 9.17) is 9.72 Å². The third kappa shape index (κ3) is 9.42. The Balaban J connectivity index is 0.00000154. The molecule has 3 aromatic rings. The van der Waals surface area contributed by atoms with Crippen LogP contribution in [0.25, 0.3) is 10.6 Å². The first-order chi connectivity index (χ1) is 17.4. The van der Waals surface area contributed by atoms with Crippen molar-refractivity contribution < 1.29 is 14.6 Å². The summed E-state index contributed by atoms with van der Waals surface area (Å²) < 4.78 is 5.99. The number of thiazole rings is 1. The van der Waals surface area contributed by atoms with Crippen molar-refractivity contribution in [3.05, 3.63) is 82.9 Å². The molecule has 0 amide bonds. The van der Waals surface area contributed by atoms with Crippen molar-refractivity contribution in [1.82, 2.24) is 4.98 Å². The van der Waals surface area contributed by atoms with Crippen molar-refractivity contribution in [3.63, 3.8) is 0 Å². The largest absolute Gasteiger partial charge is 0.488 e. The molecule has 1 N–H and O–H groups in total. The van der Waals surface area contributed by atoms with Gasteiger partial charge in [0, 0.05) is 17.2 Å². The molecule has 0 aliphatic rings. The number of carboxylic acids is 1. The molecule has 0 spiro atoms. The summed E-state index contributed by atoms with van der Waals surface area (Å²) >= 11 is 1.64. The Morgan fingerprint density at radius 1 is 1.08 bits per heavy atom. The third-order valence-electron chi connectivity index (χ3n) is 5.20. The fourth-order valence-corrected chi connectivity index (χ4v) is 4.31. The number of hydrogen-bond donors (Lipinski definition) is 1. The first-order valence-corrected chi connectivity index (χ1v) is 13.3. The minimum absolute atomic E-state index is 0.00543. The van der Waals surface area contributed by atoms with Crippen molar-refractivity contribution >= 4 is 23.0 Å². The highest BCUT2D eigenvalue weighted by molar-refractivity contribution is 7.15. The maximum atomic E-state index is 11.3. The predicted octanol–water partition coefficient (Wildman–Crippen LogP) is 8.26. The van der Waals surface area contributed by atoms with E-state index in [1.54, 1.807) is 17.4 Å². The Morgan fingerprint density at radius 3 is 2.25 bits per heavy atom. The number of ether oxygens (including phenoxy) is 1. The lowest BCUT2D eigenvalue weighted by molar-refractivity contribution is -0.137. The number of rotatable bonds is 10. The lowest BCUT2D eigenvalue weighted by Gasteiger charge is -2.16. The zero-order valence-corrected chi connectivity index (χ0v) is 23.5. The number of aliphatic imine (C=N–C) groups is 1. The lowest BCUT2D eigenvalue weighted by Crippen LogP contribution is -2.14. The van der Waals surface area contributed by atoms with Crippen LogP contribution in [0.3, 0.4) is 0 Å². The molecule has 0 aliphatic carbocycles. The van der Waals surface area contributed by atoms with Crippen LogP contribution in [0.2, 0.25) is 0 Å². The molecular formula is C30H40N2O3S. The number of carboxylic acid groups (broad SMARTS) is 1. The van der Waals surface area contributed by atoms with Crippen molar-refractivity contribution in [3.8, 4) is 16.3 Å².